The van der Waals surface area contributed by atoms with E-state index in [1.165, 1.54) is 11.1 Å². The number of ether oxygens (including phenoxy) is 1. The summed E-state index contributed by atoms with van der Waals surface area (Å²) in [5.74, 6) is 0.512. The van der Waals surface area contributed by atoms with Gasteiger partial charge < -0.3 is 20.1 Å². The first-order valence-electron chi connectivity index (χ1n) is 15.1. The van der Waals surface area contributed by atoms with Crippen molar-refractivity contribution < 1.29 is 19.6 Å². The van der Waals surface area contributed by atoms with Gasteiger partial charge in [-0.05, 0) is 59.6 Å². The van der Waals surface area contributed by atoms with Crippen LogP contribution in [0.4, 0.5) is 5.82 Å². The first-order chi connectivity index (χ1) is 20.4. The number of aromatic nitrogens is 2. The number of halogens is 1. The lowest BCUT2D eigenvalue weighted by Crippen LogP contribution is -2.29. The van der Waals surface area contributed by atoms with Crippen LogP contribution in [0.5, 0.6) is 0 Å². The Morgan fingerprint density at radius 1 is 0.977 bits per heavy atom. The number of hydrogen-bond donors (Lipinski definition) is 3. The molecule has 0 radical (unpaired) electrons. The third-order valence-corrected chi connectivity index (χ3v) is 9.16. The lowest BCUT2D eigenvalue weighted by atomic mass is 9.80. The second-order valence-corrected chi connectivity index (χ2v) is 17.9. The lowest BCUT2D eigenvalue weighted by molar-refractivity contribution is -0.116. The Balaban J connectivity index is 0.000000386. The van der Waals surface area contributed by atoms with Crippen molar-refractivity contribution in [2.75, 3.05) is 11.9 Å². The molecule has 7 nitrogen and oxygen atoms in total. The number of nitrogens with one attached hydrogen (secondary N) is 1. The molecule has 1 amide bonds. The summed E-state index contributed by atoms with van der Waals surface area (Å²) in [7, 11) is -2.51. The molecule has 4 rings (SSSR count). The van der Waals surface area contributed by atoms with Crippen molar-refractivity contribution in [2.45, 2.75) is 78.9 Å². The van der Waals surface area contributed by atoms with Crippen LogP contribution in [0.1, 0.15) is 44.7 Å². The molecule has 0 spiro atoms. The van der Waals surface area contributed by atoms with Crippen LogP contribution >= 0.6 is 11.6 Å². The quantitative estimate of drug-likeness (QED) is 0.118. The zero-order valence-electron chi connectivity index (χ0n) is 26.3. The summed E-state index contributed by atoms with van der Waals surface area (Å²) in [5, 5.41) is 26.6. The van der Waals surface area contributed by atoms with E-state index in [4.69, 9.17) is 26.4 Å². The van der Waals surface area contributed by atoms with E-state index in [1.807, 2.05) is 31.2 Å². The molecule has 43 heavy (non-hydrogen) atoms. The number of benzene rings is 3. The first kappa shape index (κ1) is 34.5. The minimum absolute atomic E-state index is 0.0394. The molecule has 0 aliphatic heterocycles. The molecule has 10 heteroatoms. The van der Waals surface area contributed by atoms with Crippen LogP contribution < -0.4 is 10.8 Å². The highest BCUT2D eigenvalue weighted by atomic mass is 35.5. The number of anilines is 1. The summed E-state index contributed by atoms with van der Waals surface area (Å²) in [6, 6.07) is 20.7. The van der Waals surface area contributed by atoms with Crippen molar-refractivity contribution in [1.82, 2.24) is 9.78 Å². The van der Waals surface area contributed by atoms with Crippen LogP contribution in [0.15, 0.2) is 60.7 Å². The van der Waals surface area contributed by atoms with Crippen molar-refractivity contribution >= 4 is 54.9 Å². The van der Waals surface area contributed by atoms with Crippen LogP contribution in [-0.2, 0) is 29.1 Å². The van der Waals surface area contributed by atoms with Crippen LogP contribution in [0, 0.1) is 0 Å². The van der Waals surface area contributed by atoms with E-state index in [0.717, 1.165) is 47.3 Å². The zero-order valence-corrected chi connectivity index (χ0v) is 28.0. The average Bonchev–Trinajstić information content (AvgIpc) is 3.30. The maximum absolute atomic E-state index is 12.3. The van der Waals surface area contributed by atoms with Crippen LogP contribution in [0.25, 0.3) is 22.0 Å². The van der Waals surface area contributed by atoms with Gasteiger partial charge in [-0.25, -0.2) is 4.68 Å². The van der Waals surface area contributed by atoms with E-state index < -0.39 is 15.2 Å². The Hall–Kier alpha value is -2.95. The minimum Gasteiger partial charge on any atom is -0.423 e. The number of nitrogens with zero attached hydrogens (tertiary/aromatic N) is 2. The van der Waals surface area contributed by atoms with Gasteiger partial charge in [-0.15, -0.1) is 0 Å². The highest BCUT2D eigenvalue weighted by Gasteiger charge is 2.18. The van der Waals surface area contributed by atoms with E-state index >= 15 is 0 Å². The van der Waals surface area contributed by atoms with Crippen molar-refractivity contribution in [3.05, 3.63) is 76.8 Å². The summed E-state index contributed by atoms with van der Waals surface area (Å²) in [6.45, 7) is 14.2. The number of carbonyl (C=O) groups is 1. The normalized spacial score (nSPS) is 11.3. The molecule has 0 saturated heterocycles. The van der Waals surface area contributed by atoms with Gasteiger partial charge in [0, 0.05) is 32.1 Å². The smallest absolute Gasteiger partial charge is 0.423 e. The molecule has 3 N–H and O–H groups in total. The van der Waals surface area contributed by atoms with Crippen molar-refractivity contribution in [3.8, 4) is 11.1 Å². The number of fused-ring (bicyclic) bond motifs is 1. The molecule has 0 unspecified atom stereocenters. The molecule has 230 valence electrons. The summed E-state index contributed by atoms with van der Waals surface area (Å²) < 4.78 is 7.72. The average molecular weight is 622 g/mol. The largest absolute Gasteiger partial charge is 0.488 e. The number of carbonyl (C=O) groups excluding carboxylic acids is 1. The van der Waals surface area contributed by atoms with Crippen LogP contribution in [0.3, 0.4) is 0 Å². The molecule has 0 aliphatic carbocycles. The van der Waals surface area contributed by atoms with Crippen molar-refractivity contribution in [3.63, 3.8) is 0 Å². The molecule has 1 aromatic heterocycles. The molecule has 3 aromatic carbocycles. The number of rotatable bonds is 12. The summed E-state index contributed by atoms with van der Waals surface area (Å²) in [4.78, 5) is 12.3. The zero-order chi connectivity index (χ0) is 31.6. The topological polar surface area (TPSA) is 96.6 Å². The van der Waals surface area contributed by atoms with Gasteiger partial charge in [0.25, 0.3) is 0 Å². The number of hydrogen-bond acceptors (Lipinski definition) is 5. The molecule has 0 bridgehead atoms. The number of aryl methyl sites for hydroxylation is 2. The maximum Gasteiger partial charge on any atom is 0.488 e. The Morgan fingerprint density at radius 2 is 1.58 bits per heavy atom. The lowest BCUT2D eigenvalue weighted by Gasteiger charge is -2.15. The fraction of sp³-hybridized carbons (Fsp3) is 0.394. The van der Waals surface area contributed by atoms with E-state index in [2.05, 4.69) is 68.2 Å². The van der Waals surface area contributed by atoms with Crippen molar-refractivity contribution in [1.29, 1.82) is 0 Å². The molecule has 0 aliphatic rings. The minimum atomic E-state index is -1.35. The van der Waals surface area contributed by atoms with Crippen LogP contribution in [0.2, 0.25) is 30.7 Å². The van der Waals surface area contributed by atoms with Crippen molar-refractivity contribution in [2.24, 2.45) is 0 Å². The fourth-order valence-corrected chi connectivity index (χ4v) is 5.43. The van der Waals surface area contributed by atoms with E-state index in [-0.39, 0.29) is 5.91 Å². The molecular weight excluding hydrogens is 577 g/mol. The maximum atomic E-state index is 12.3. The van der Waals surface area contributed by atoms with E-state index in [9.17, 15) is 4.79 Å². The Kier molecular flexibility index (Phi) is 13.0. The summed E-state index contributed by atoms with van der Waals surface area (Å²) in [5.41, 5.74) is 5.84. The summed E-state index contributed by atoms with van der Waals surface area (Å²) in [6.07, 6.45) is 3.21. The first-order valence-corrected chi connectivity index (χ1v) is 19.2. The van der Waals surface area contributed by atoms with Gasteiger partial charge in [-0.2, -0.15) is 5.10 Å². The van der Waals surface area contributed by atoms with E-state index in [1.54, 1.807) is 16.8 Å². The Bertz CT molecular complexity index is 1470. The molecule has 0 saturated carbocycles. The predicted octanol–water partition coefficient (Wildman–Crippen LogP) is 6.90. The Morgan fingerprint density at radius 3 is 2.12 bits per heavy atom. The van der Waals surface area contributed by atoms with Gasteiger partial charge >= 0.3 is 7.12 Å². The standard InChI is InChI=1S/C25H34ClN3O2Si.C8H11BO2/c1-6-8-24(30)27-25-21-15-20(19-11-9-18(7-2)10-12-19)22(26)16-23(21)29(28-25)17-31-13-14-32(3,4)5;1-2-7-3-5-8(6-4-7)9(10)11/h9-12,15-16H,6-8,13-14,17H2,1-5H3,(H,27,28,30);3-6,10-11H,2H2,1H3. The monoisotopic (exact) mass is 621 g/mol. The van der Waals surface area contributed by atoms with Gasteiger partial charge in [0.15, 0.2) is 5.82 Å². The molecule has 1 heterocycles. The number of amides is 1. The predicted molar refractivity (Wildman–Crippen MR) is 183 cm³/mol. The van der Waals surface area contributed by atoms with E-state index in [0.29, 0.717) is 36.1 Å². The van der Waals surface area contributed by atoms with Crippen LogP contribution in [-0.4, -0.2) is 47.5 Å². The van der Waals surface area contributed by atoms with Gasteiger partial charge in [0.1, 0.15) is 6.73 Å². The SMILES string of the molecule is CCCC(=O)Nc1nn(COCC[Si](C)(C)C)c2cc(Cl)c(-c3ccc(CC)cc3)cc12.CCc1ccc(B(O)O)cc1. The molecule has 4 aromatic rings. The summed E-state index contributed by atoms with van der Waals surface area (Å²) >= 11 is 6.71. The molecule has 0 fully saturated rings. The second-order valence-electron chi connectivity index (χ2n) is 11.9. The fourth-order valence-electron chi connectivity index (χ4n) is 4.40. The molecule has 0 atom stereocenters. The van der Waals surface area contributed by atoms with Gasteiger partial charge in [-0.1, -0.05) is 101 Å². The molecular formula is C33H45BClN3O4Si. The highest BCUT2D eigenvalue weighted by Crippen LogP contribution is 2.35. The third kappa shape index (κ3) is 10.3. The van der Waals surface area contributed by atoms with Gasteiger partial charge in [0.05, 0.1) is 10.5 Å². The third-order valence-electron chi connectivity index (χ3n) is 7.14. The Labute approximate surface area is 262 Å². The van der Waals surface area contributed by atoms with Gasteiger partial charge in [0.2, 0.25) is 5.91 Å². The second kappa shape index (κ2) is 16.2. The van der Waals surface area contributed by atoms with Gasteiger partial charge in [-0.3, -0.25) is 4.79 Å². The highest BCUT2D eigenvalue weighted by molar-refractivity contribution is 6.76.